The Morgan fingerprint density at radius 2 is 1.81 bits per heavy atom. The molecule has 1 aromatic heterocycles. The summed E-state index contributed by atoms with van der Waals surface area (Å²) in [6.07, 6.45) is 0.936. The van der Waals surface area contributed by atoms with E-state index in [1.54, 1.807) is 14.2 Å². The van der Waals surface area contributed by atoms with Gasteiger partial charge in [-0.05, 0) is 31.0 Å². The summed E-state index contributed by atoms with van der Waals surface area (Å²) in [5.41, 5.74) is 4.88. The Hall–Kier alpha value is -2.22. The Labute approximate surface area is 177 Å². The monoisotopic (exact) mass is 478 g/mol. The van der Waals surface area contributed by atoms with Crippen LogP contribution < -0.4 is 15.4 Å². The fourth-order valence-electron chi connectivity index (χ4n) is 3.21. The first-order chi connectivity index (χ1) is 12.7. The normalized spacial score (nSPS) is 11.1. The van der Waals surface area contributed by atoms with Gasteiger partial charge >= 0.3 is 0 Å². The van der Waals surface area contributed by atoms with Gasteiger partial charge in [0.2, 0.25) is 0 Å². The molecular formula is C21H27IN4O. The largest absolute Gasteiger partial charge is 0.496 e. The van der Waals surface area contributed by atoms with Gasteiger partial charge in [0.25, 0.3) is 0 Å². The van der Waals surface area contributed by atoms with Gasteiger partial charge in [-0.15, -0.1) is 24.0 Å². The van der Waals surface area contributed by atoms with Gasteiger partial charge in [-0.1, -0.05) is 36.4 Å². The summed E-state index contributed by atoms with van der Waals surface area (Å²) in [4.78, 5) is 7.76. The van der Waals surface area contributed by atoms with Crippen molar-refractivity contribution in [1.82, 2.24) is 15.6 Å². The summed E-state index contributed by atoms with van der Waals surface area (Å²) < 4.78 is 5.39. The lowest BCUT2D eigenvalue weighted by Gasteiger charge is -2.13. The molecule has 0 aliphatic heterocycles. The van der Waals surface area contributed by atoms with Crippen LogP contribution in [-0.2, 0) is 13.0 Å². The van der Waals surface area contributed by atoms with Gasteiger partial charge in [0, 0.05) is 42.3 Å². The number of aliphatic imine (C=N–C) groups is 1. The highest BCUT2D eigenvalue weighted by atomic mass is 127. The van der Waals surface area contributed by atoms with Crippen LogP contribution in [0.5, 0.6) is 5.75 Å². The third-order valence-electron chi connectivity index (χ3n) is 4.56. The SMILES string of the molecule is CN=C(NCCc1c(C)[nH]c2ccccc12)NCc1ccccc1OC.I. The quantitative estimate of drug-likeness (QED) is 0.285. The maximum atomic E-state index is 5.39. The van der Waals surface area contributed by atoms with Gasteiger partial charge in [-0.2, -0.15) is 0 Å². The van der Waals surface area contributed by atoms with Gasteiger partial charge in [0.05, 0.1) is 7.11 Å². The van der Waals surface area contributed by atoms with E-state index in [0.29, 0.717) is 6.54 Å². The van der Waals surface area contributed by atoms with Gasteiger partial charge in [0.15, 0.2) is 5.96 Å². The zero-order chi connectivity index (χ0) is 18.4. The number of guanidine groups is 1. The number of rotatable bonds is 6. The van der Waals surface area contributed by atoms with Crippen molar-refractivity contribution in [1.29, 1.82) is 0 Å². The Balaban J connectivity index is 0.00000261. The minimum atomic E-state index is 0. The van der Waals surface area contributed by atoms with E-state index in [1.165, 1.54) is 22.2 Å². The number of ether oxygens (including phenoxy) is 1. The summed E-state index contributed by atoms with van der Waals surface area (Å²) >= 11 is 0. The van der Waals surface area contributed by atoms with Crippen LogP contribution in [-0.4, -0.2) is 31.6 Å². The van der Waals surface area contributed by atoms with Gasteiger partial charge in [-0.25, -0.2) is 0 Å². The van der Waals surface area contributed by atoms with Gasteiger partial charge < -0.3 is 20.4 Å². The molecular weight excluding hydrogens is 451 g/mol. The van der Waals surface area contributed by atoms with Crippen molar-refractivity contribution in [2.75, 3.05) is 20.7 Å². The number of benzene rings is 2. The molecule has 0 aliphatic carbocycles. The van der Waals surface area contributed by atoms with E-state index in [4.69, 9.17) is 4.74 Å². The summed E-state index contributed by atoms with van der Waals surface area (Å²) in [6.45, 7) is 3.61. The number of methoxy groups -OCH3 is 1. The predicted octanol–water partition coefficient (Wildman–Crippen LogP) is 4.01. The summed E-state index contributed by atoms with van der Waals surface area (Å²) in [7, 11) is 3.48. The highest BCUT2D eigenvalue weighted by Gasteiger charge is 2.08. The molecule has 3 rings (SSSR count). The first-order valence-corrected chi connectivity index (χ1v) is 8.85. The van der Waals surface area contributed by atoms with Crippen molar-refractivity contribution in [3.05, 3.63) is 65.4 Å². The number of H-pyrrole nitrogens is 1. The zero-order valence-electron chi connectivity index (χ0n) is 16.0. The Morgan fingerprint density at radius 3 is 2.59 bits per heavy atom. The molecule has 144 valence electrons. The number of aromatic amines is 1. The number of nitrogens with zero attached hydrogens (tertiary/aromatic N) is 1. The first kappa shape index (κ1) is 21.1. The van der Waals surface area contributed by atoms with Crippen molar-refractivity contribution in [2.24, 2.45) is 4.99 Å². The number of nitrogens with one attached hydrogen (secondary N) is 3. The molecule has 0 aliphatic rings. The molecule has 0 fully saturated rings. The third kappa shape index (κ3) is 5.15. The summed E-state index contributed by atoms with van der Waals surface area (Å²) in [6, 6.07) is 16.4. The van der Waals surface area contributed by atoms with Crippen LogP contribution in [0.25, 0.3) is 10.9 Å². The number of aromatic nitrogens is 1. The maximum Gasteiger partial charge on any atom is 0.191 e. The van der Waals surface area contributed by atoms with Crippen LogP contribution in [0.2, 0.25) is 0 Å². The molecule has 0 unspecified atom stereocenters. The molecule has 0 saturated carbocycles. The molecule has 3 aromatic rings. The molecule has 0 bridgehead atoms. The number of halogens is 1. The van der Waals surface area contributed by atoms with Crippen LogP contribution in [0, 0.1) is 6.92 Å². The average Bonchev–Trinajstić information content (AvgIpc) is 3.00. The van der Waals surface area contributed by atoms with E-state index in [1.807, 2.05) is 18.2 Å². The molecule has 5 nitrogen and oxygen atoms in total. The Bertz CT molecular complexity index is 904. The standard InChI is InChI=1S/C21H26N4O.HI/c1-15-17(18-9-5-6-10-19(18)25-15)12-13-23-21(22-2)24-14-16-8-4-7-11-20(16)26-3;/h4-11,25H,12-14H2,1-3H3,(H2,22,23,24);1H. The second kappa shape index (κ2) is 10.2. The molecule has 27 heavy (non-hydrogen) atoms. The second-order valence-electron chi connectivity index (χ2n) is 6.19. The smallest absolute Gasteiger partial charge is 0.191 e. The number of para-hydroxylation sites is 2. The van der Waals surface area contributed by atoms with Crippen LogP contribution in [0.3, 0.4) is 0 Å². The number of aryl methyl sites for hydroxylation is 1. The van der Waals surface area contributed by atoms with E-state index < -0.39 is 0 Å². The second-order valence-corrected chi connectivity index (χ2v) is 6.19. The molecule has 0 saturated heterocycles. The molecule has 0 atom stereocenters. The third-order valence-corrected chi connectivity index (χ3v) is 4.56. The number of fused-ring (bicyclic) bond motifs is 1. The predicted molar refractivity (Wildman–Crippen MR) is 123 cm³/mol. The molecule has 3 N–H and O–H groups in total. The molecule has 1 heterocycles. The molecule has 0 amide bonds. The van der Waals surface area contributed by atoms with E-state index in [9.17, 15) is 0 Å². The minimum absolute atomic E-state index is 0. The number of hydrogen-bond acceptors (Lipinski definition) is 2. The average molecular weight is 478 g/mol. The van der Waals surface area contributed by atoms with Crippen molar-refractivity contribution >= 4 is 40.8 Å². The molecule has 0 spiro atoms. The van der Waals surface area contributed by atoms with Gasteiger partial charge in [-0.3, -0.25) is 4.99 Å². The zero-order valence-corrected chi connectivity index (χ0v) is 18.3. The lowest BCUT2D eigenvalue weighted by Crippen LogP contribution is -2.37. The fraction of sp³-hybridized carbons (Fsp3) is 0.286. The highest BCUT2D eigenvalue weighted by molar-refractivity contribution is 14.0. The Kier molecular flexibility index (Phi) is 7.97. The molecule has 2 aromatic carbocycles. The van der Waals surface area contributed by atoms with Crippen LogP contribution in [0.1, 0.15) is 16.8 Å². The maximum absolute atomic E-state index is 5.39. The van der Waals surface area contributed by atoms with Crippen molar-refractivity contribution in [2.45, 2.75) is 19.9 Å². The van der Waals surface area contributed by atoms with E-state index in [0.717, 1.165) is 30.2 Å². The Morgan fingerprint density at radius 1 is 1.07 bits per heavy atom. The van der Waals surface area contributed by atoms with Crippen molar-refractivity contribution in [3.63, 3.8) is 0 Å². The highest BCUT2D eigenvalue weighted by Crippen LogP contribution is 2.22. The lowest BCUT2D eigenvalue weighted by atomic mass is 10.1. The van der Waals surface area contributed by atoms with Gasteiger partial charge in [0.1, 0.15) is 5.75 Å². The summed E-state index contributed by atoms with van der Waals surface area (Å²) in [5.74, 6) is 1.67. The topological polar surface area (TPSA) is 61.4 Å². The van der Waals surface area contributed by atoms with Crippen molar-refractivity contribution in [3.8, 4) is 5.75 Å². The van der Waals surface area contributed by atoms with Crippen LogP contribution in [0.4, 0.5) is 0 Å². The lowest BCUT2D eigenvalue weighted by molar-refractivity contribution is 0.409. The van der Waals surface area contributed by atoms with Crippen molar-refractivity contribution < 1.29 is 4.74 Å². The fourth-order valence-corrected chi connectivity index (χ4v) is 3.21. The molecule has 6 heteroatoms. The van der Waals surface area contributed by atoms with E-state index >= 15 is 0 Å². The van der Waals surface area contributed by atoms with E-state index in [-0.39, 0.29) is 24.0 Å². The summed E-state index contributed by atoms with van der Waals surface area (Å²) in [5, 5.41) is 8.03. The minimum Gasteiger partial charge on any atom is -0.496 e. The van der Waals surface area contributed by atoms with Crippen LogP contribution in [0.15, 0.2) is 53.5 Å². The van der Waals surface area contributed by atoms with E-state index in [2.05, 4.69) is 57.9 Å². The number of hydrogen-bond donors (Lipinski definition) is 3. The molecule has 0 radical (unpaired) electrons. The van der Waals surface area contributed by atoms with Crippen LogP contribution >= 0.6 is 24.0 Å². The first-order valence-electron chi connectivity index (χ1n) is 8.85.